The maximum Gasteiger partial charge on any atom is 0.155 e. The van der Waals surface area contributed by atoms with Crippen LogP contribution < -0.4 is 0 Å². The van der Waals surface area contributed by atoms with Crippen LogP contribution in [-0.4, -0.2) is 10.1 Å². The van der Waals surface area contributed by atoms with Crippen molar-refractivity contribution in [2.75, 3.05) is 0 Å². The van der Waals surface area contributed by atoms with E-state index in [2.05, 4.69) is 22.9 Å². The van der Waals surface area contributed by atoms with Gasteiger partial charge >= 0.3 is 0 Å². The third kappa shape index (κ3) is 3.90. The fraction of sp³-hybridized carbons (Fsp3) is 0.136. The van der Waals surface area contributed by atoms with Gasteiger partial charge in [0.15, 0.2) is 5.60 Å². The van der Waals surface area contributed by atoms with E-state index >= 15 is 0 Å². The summed E-state index contributed by atoms with van der Waals surface area (Å²) in [7, 11) is 0. The zero-order chi connectivity index (χ0) is 16.8. The van der Waals surface area contributed by atoms with Crippen molar-refractivity contribution in [3.05, 3.63) is 101 Å². The van der Waals surface area contributed by atoms with Crippen molar-refractivity contribution >= 4 is 0 Å². The molecule has 0 spiro atoms. The lowest BCUT2D eigenvalue weighted by Crippen LogP contribution is -2.26. The number of aromatic nitrogens is 1. The predicted octanol–water partition coefficient (Wildman–Crippen LogP) is 3.87. The zero-order valence-corrected chi connectivity index (χ0v) is 13.6. The number of hydrogen-bond donors (Lipinski definition) is 1. The van der Waals surface area contributed by atoms with Crippen molar-refractivity contribution in [3.63, 3.8) is 0 Å². The highest BCUT2D eigenvalue weighted by Gasteiger charge is 2.27. The van der Waals surface area contributed by atoms with E-state index < -0.39 is 5.60 Å². The van der Waals surface area contributed by atoms with Gasteiger partial charge in [0.1, 0.15) is 5.69 Å². The van der Waals surface area contributed by atoms with E-state index in [0.717, 1.165) is 11.1 Å². The number of pyridine rings is 1. The van der Waals surface area contributed by atoms with Crippen molar-refractivity contribution in [2.24, 2.45) is 0 Å². The Morgan fingerprint density at radius 3 is 2.46 bits per heavy atom. The van der Waals surface area contributed by atoms with Crippen LogP contribution in [0.15, 0.2) is 79.0 Å². The molecule has 24 heavy (non-hydrogen) atoms. The van der Waals surface area contributed by atoms with Crippen LogP contribution in [0.2, 0.25) is 0 Å². The lowest BCUT2D eigenvalue weighted by molar-refractivity contribution is 0.101. The second kappa shape index (κ2) is 7.12. The SMILES string of the molecule is Cc1cccc(C[C@@](O)(C#Cc2ccccn2)c2ccccc2)c1. The maximum atomic E-state index is 11.3. The number of aryl methyl sites for hydroxylation is 1. The highest BCUT2D eigenvalue weighted by Crippen LogP contribution is 2.25. The summed E-state index contributed by atoms with van der Waals surface area (Å²) in [6.07, 6.45) is 2.13. The lowest BCUT2D eigenvalue weighted by Gasteiger charge is -2.23. The maximum absolute atomic E-state index is 11.3. The monoisotopic (exact) mass is 313 g/mol. The molecule has 1 aromatic heterocycles. The first-order valence-electron chi connectivity index (χ1n) is 7.93. The first-order chi connectivity index (χ1) is 11.7. The molecule has 0 unspecified atom stereocenters. The minimum Gasteiger partial charge on any atom is -0.373 e. The van der Waals surface area contributed by atoms with Gasteiger partial charge in [-0.1, -0.05) is 72.1 Å². The molecule has 0 bridgehead atoms. The van der Waals surface area contributed by atoms with Gasteiger partial charge in [-0.05, 0) is 36.1 Å². The van der Waals surface area contributed by atoms with Crippen LogP contribution in [0.5, 0.6) is 0 Å². The third-order valence-electron chi connectivity index (χ3n) is 3.86. The van der Waals surface area contributed by atoms with Gasteiger partial charge in [-0.2, -0.15) is 0 Å². The Morgan fingerprint density at radius 2 is 1.75 bits per heavy atom. The Hall–Kier alpha value is -2.89. The summed E-state index contributed by atoms with van der Waals surface area (Å²) < 4.78 is 0. The number of hydrogen-bond acceptors (Lipinski definition) is 2. The molecule has 118 valence electrons. The minimum atomic E-state index is -1.26. The first-order valence-corrected chi connectivity index (χ1v) is 7.93. The first kappa shape index (κ1) is 16.0. The van der Waals surface area contributed by atoms with Gasteiger partial charge in [-0.25, -0.2) is 4.98 Å². The van der Waals surface area contributed by atoms with Crippen LogP contribution in [0.4, 0.5) is 0 Å². The van der Waals surface area contributed by atoms with Gasteiger partial charge in [0.05, 0.1) is 0 Å². The molecule has 2 heteroatoms. The molecule has 1 heterocycles. The summed E-state index contributed by atoms with van der Waals surface area (Å²) in [4.78, 5) is 4.21. The van der Waals surface area contributed by atoms with E-state index in [-0.39, 0.29) is 0 Å². The van der Waals surface area contributed by atoms with Gasteiger partial charge < -0.3 is 5.11 Å². The molecule has 0 amide bonds. The molecule has 1 N–H and O–H groups in total. The van der Waals surface area contributed by atoms with E-state index in [9.17, 15) is 5.11 Å². The zero-order valence-electron chi connectivity index (χ0n) is 13.6. The molecule has 0 aliphatic heterocycles. The molecule has 0 saturated heterocycles. The summed E-state index contributed by atoms with van der Waals surface area (Å²) in [5.74, 6) is 6.05. The van der Waals surface area contributed by atoms with E-state index in [1.165, 1.54) is 5.56 Å². The highest BCUT2D eigenvalue weighted by molar-refractivity contribution is 5.39. The molecule has 3 rings (SSSR count). The Kier molecular flexibility index (Phi) is 4.74. The van der Waals surface area contributed by atoms with Crippen LogP contribution in [0, 0.1) is 18.8 Å². The van der Waals surface area contributed by atoms with Gasteiger partial charge in [0.25, 0.3) is 0 Å². The molecule has 1 atom stereocenters. The van der Waals surface area contributed by atoms with Crippen LogP contribution >= 0.6 is 0 Å². The Labute approximate surface area is 142 Å². The third-order valence-corrected chi connectivity index (χ3v) is 3.86. The van der Waals surface area contributed by atoms with E-state index in [4.69, 9.17) is 0 Å². The van der Waals surface area contributed by atoms with Crippen LogP contribution in [0.1, 0.15) is 22.4 Å². The van der Waals surface area contributed by atoms with E-state index in [0.29, 0.717) is 12.1 Å². The molecule has 0 radical (unpaired) electrons. The minimum absolute atomic E-state index is 0.429. The quantitative estimate of drug-likeness (QED) is 0.745. The van der Waals surface area contributed by atoms with Crippen molar-refractivity contribution in [2.45, 2.75) is 18.9 Å². The molecule has 0 aliphatic carbocycles. The number of rotatable bonds is 3. The fourth-order valence-electron chi connectivity index (χ4n) is 2.65. The lowest BCUT2D eigenvalue weighted by atomic mass is 9.87. The summed E-state index contributed by atoms with van der Waals surface area (Å²) in [5, 5.41) is 11.3. The van der Waals surface area contributed by atoms with Crippen LogP contribution in [0.3, 0.4) is 0 Å². The molecule has 0 saturated carbocycles. The molecule has 3 aromatic rings. The molecule has 2 aromatic carbocycles. The molecule has 0 aliphatic rings. The summed E-state index contributed by atoms with van der Waals surface area (Å²) in [6.45, 7) is 2.05. The molecular formula is C22H19NO. The molecule has 0 fully saturated rings. The summed E-state index contributed by atoms with van der Waals surface area (Å²) in [6, 6.07) is 23.3. The Morgan fingerprint density at radius 1 is 0.958 bits per heavy atom. The molecule has 2 nitrogen and oxygen atoms in total. The summed E-state index contributed by atoms with van der Waals surface area (Å²) >= 11 is 0. The van der Waals surface area contributed by atoms with E-state index in [1.807, 2.05) is 73.7 Å². The Balaban J connectivity index is 2.00. The predicted molar refractivity (Wildman–Crippen MR) is 96.3 cm³/mol. The number of nitrogens with zero attached hydrogens (tertiary/aromatic N) is 1. The number of benzene rings is 2. The Bertz CT molecular complexity index is 862. The van der Waals surface area contributed by atoms with Crippen LogP contribution in [0.25, 0.3) is 0 Å². The second-order valence-electron chi connectivity index (χ2n) is 5.86. The topological polar surface area (TPSA) is 33.1 Å². The van der Waals surface area contributed by atoms with Crippen molar-refractivity contribution in [1.29, 1.82) is 0 Å². The fourth-order valence-corrected chi connectivity index (χ4v) is 2.65. The smallest absolute Gasteiger partial charge is 0.155 e. The van der Waals surface area contributed by atoms with Gasteiger partial charge in [-0.3, -0.25) is 0 Å². The largest absolute Gasteiger partial charge is 0.373 e. The standard InChI is InChI=1S/C22H19NO/c1-18-8-7-9-19(16-18)17-22(24,20-10-3-2-4-11-20)14-13-21-12-5-6-15-23-21/h2-12,15-16,24H,17H2,1H3/t22-/m0/s1. The van der Waals surface area contributed by atoms with Gasteiger partial charge in [0.2, 0.25) is 0 Å². The van der Waals surface area contributed by atoms with Gasteiger partial charge in [-0.15, -0.1) is 0 Å². The van der Waals surface area contributed by atoms with Gasteiger partial charge in [0, 0.05) is 12.6 Å². The van der Waals surface area contributed by atoms with Crippen LogP contribution in [-0.2, 0) is 12.0 Å². The average molecular weight is 313 g/mol. The number of aliphatic hydroxyl groups is 1. The van der Waals surface area contributed by atoms with Crippen molar-refractivity contribution < 1.29 is 5.11 Å². The van der Waals surface area contributed by atoms with Crippen molar-refractivity contribution in [3.8, 4) is 11.8 Å². The summed E-state index contributed by atoms with van der Waals surface area (Å²) in [5.41, 5.74) is 2.40. The van der Waals surface area contributed by atoms with Crippen molar-refractivity contribution in [1.82, 2.24) is 4.98 Å². The highest BCUT2D eigenvalue weighted by atomic mass is 16.3. The molecular weight excluding hydrogens is 294 g/mol. The average Bonchev–Trinajstić information content (AvgIpc) is 2.62. The van der Waals surface area contributed by atoms with E-state index in [1.54, 1.807) is 6.20 Å². The normalized spacial score (nSPS) is 12.8. The second-order valence-corrected chi connectivity index (χ2v) is 5.86.